The second-order valence-electron chi connectivity index (χ2n) is 2.48. The smallest absolute Gasteiger partial charge is 0.362 e. The van der Waals surface area contributed by atoms with Gasteiger partial charge in [0.25, 0.3) is 0 Å². The fourth-order valence-corrected chi connectivity index (χ4v) is 1.09. The largest absolute Gasteiger partial charge is 0.464 e. The molecule has 0 radical (unpaired) electrons. The van der Waals surface area contributed by atoms with E-state index in [1.807, 2.05) is 0 Å². The standard InChI is InChI=1S/C6H6N4O3/c1-13-6(12)4-5-7-3(11)2-10(5)9-8-4/h2H2,1H3,(H,7,11). The van der Waals surface area contributed by atoms with Crippen molar-refractivity contribution >= 4 is 17.7 Å². The van der Waals surface area contributed by atoms with Gasteiger partial charge in [0.2, 0.25) is 11.6 Å². The van der Waals surface area contributed by atoms with E-state index in [1.165, 1.54) is 11.8 Å². The highest BCUT2D eigenvalue weighted by molar-refractivity contribution is 6.01. The molecule has 0 saturated heterocycles. The van der Waals surface area contributed by atoms with Crippen LogP contribution in [0.15, 0.2) is 0 Å². The van der Waals surface area contributed by atoms with Crippen molar-refractivity contribution in [3.63, 3.8) is 0 Å². The molecule has 0 spiro atoms. The van der Waals surface area contributed by atoms with Crippen LogP contribution in [-0.4, -0.2) is 34.0 Å². The van der Waals surface area contributed by atoms with Crippen molar-refractivity contribution in [2.24, 2.45) is 0 Å². The van der Waals surface area contributed by atoms with E-state index >= 15 is 0 Å². The molecule has 0 unspecified atom stereocenters. The van der Waals surface area contributed by atoms with E-state index in [-0.39, 0.29) is 18.1 Å². The summed E-state index contributed by atoms with van der Waals surface area (Å²) in [4.78, 5) is 21.9. The summed E-state index contributed by atoms with van der Waals surface area (Å²) in [5.41, 5.74) is 0.0355. The number of carbonyl (C=O) groups is 2. The van der Waals surface area contributed by atoms with Crippen LogP contribution in [0.1, 0.15) is 10.5 Å². The van der Waals surface area contributed by atoms with Gasteiger partial charge in [0.15, 0.2) is 5.82 Å². The summed E-state index contributed by atoms with van der Waals surface area (Å²) in [6.45, 7) is 0.0966. The molecule has 1 N–H and O–H groups in total. The first-order valence-electron chi connectivity index (χ1n) is 3.54. The zero-order valence-electron chi connectivity index (χ0n) is 6.77. The van der Waals surface area contributed by atoms with E-state index < -0.39 is 5.97 Å². The molecule has 68 valence electrons. The van der Waals surface area contributed by atoms with Crippen LogP contribution < -0.4 is 5.32 Å². The molecular formula is C6H6N4O3. The van der Waals surface area contributed by atoms with E-state index in [1.54, 1.807) is 0 Å². The van der Waals surface area contributed by atoms with Crippen LogP contribution in [-0.2, 0) is 16.1 Å². The number of aromatic nitrogens is 3. The van der Waals surface area contributed by atoms with Crippen LogP contribution in [0.3, 0.4) is 0 Å². The summed E-state index contributed by atoms with van der Waals surface area (Å²) in [6, 6.07) is 0. The minimum absolute atomic E-state index is 0.0355. The Hall–Kier alpha value is -1.92. The van der Waals surface area contributed by atoms with Gasteiger partial charge < -0.3 is 10.1 Å². The van der Waals surface area contributed by atoms with Crippen LogP contribution in [0, 0.1) is 0 Å². The Bertz CT molecular complexity index is 383. The molecule has 1 aromatic rings. The van der Waals surface area contributed by atoms with E-state index in [9.17, 15) is 9.59 Å². The van der Waals surface area contributed by atoms with Gasteiger partial charge in [-0.3, -0.25) is 4.79 Å². The van der Waals surface area contributed by atoms with E-state index in [4.69, 9.17) is 0 Å². The van der Waals surface area contributed by atoms with Crippen molar-refractivity contribution in [2.45, 2.75) is 6.54 Å². The van der Waals surface area contributed by atoms with Crippen molar-refractivity contribution in [1.82, 2.24) is 15.0 Å². The summed E-state index contributed by atoms with van der Waals surface area (Å²) in [5, 5.41) is 9.62. The number of fused-ring (bicyclic) bond motifs is 1. The zero-order valence-corrected chi connectivity index (χ0v) is 6.77. The van der Waals surface area contributed by atoms with Crippen molar-refractivity contribution in [1.29, 1.82) is 0 Å². The summed E-state index contributed by atoms with van der Waals surface area (Å²) in [5.74, 6) is -0.518. The molecule has 1 aromatic heterocycles. The lowest BCUT2D eigenvalue weighted by Gasteiger charge is -1.95. The van der Waals surface area contributed by atoms with Crippen LogP contribution >= 0.6 is 0 Å². The Labute approximate surface area is 72.7 Å². The number of nitrogens with zero attached hydrogens (tertiary/aromatic N) is 3. The van der Waals surface area contributed by atoms with Gasteiger partial charge in [0, 0.05) is 0 Å². The third kappa shape index (κ3) is 1.05. The number of anilines is 1. The molecule has 7 heteroatoms. The second-order valence-corrected chi connectivity index (χ2v) is 2.48. The van der Waals surface area contributed by atoms with Gasteiger partial charge in [-0.05, 0) is 0 Å². The molecule has 13 heavy (non-hydrogen) atoms. The third-order valence-electron chi connectivity index (χ3n) is 1.67. The average Bonchev–Trinajstić information content (AvgIpc) is 2.61. The van der Waals surface area contributed by atoms with Gasteiger partial charge in [0.1, 0.15) is 6.54 Å². The van der Waals surface area contributed by atoms with Crippen LogP contribution in [0.4, 0.5) is 5.82 Å². The molecular weight excluding hydrogens is 176 g/mol. The number of nitrogens with one attached hydrogen (secondary N) is 1. The minimum atomic E-state index is -0.608. The quantitative estimate of drug-likeness (QED) is 0.564. The maximum atomic E-state index is 11.1. The number of hydrogen-bond donors (Lipinski definition) is 1. The van der Waals surface area contributed by atoms with E-state index in [0.29, 0.717) is 5.82 Å². The first-order valence-corrected chi connectivity index (χ1v) is 3.54. The van der Waals surface area contributed by atoms with Gasteiger partial charge in [-0.25, -0.2) is 9.48 Å². The lowest BCUT2D eigenvalue weighted by atomic mass is 10.4. The Morgan fingerprint density at radius 1 is 1.69 bits per heavy atom. The topological polar surface area (TPSA) is 86.1 Å². The maximum absolute atomic E-state index is 11.1. The van der Waals surface area contributed by atoms with Gasteiger partial charge in [-0.15, -0.1) is 5.10 Å². The number of amides is 1. The molecule has 0 aromatic carbocycles. The molecule has 2 heterocycles. The molecule has 7 nitrogen and oxygen atoms in total. The number of rotatable bonds is 1. The highest BCUT2D eigenvalue weighted by Crippen LogP contribution is 2.17. The number of hydrogen-bond acceptors (Lipinski definition) is 5. The van der Waals surface area contributed by atoms with Crippen LogP contribution in [0.25, 0.3) is 0 Å². The fraction of sp³-hybridized carbons (Fsp3) is 0.333. The molecule has 0 aliphatic carbocycles. The average molecular weight is 182 g/mol. The maximum Gasteiger partial charge on any atom is 0.362 e. The third-order valence-corrected chi connectivity index (χ3v) is 1.67. The van der Waals surface area contributed by atoms with Crippen molar-refractivity contribution in [3.05, 3.63) is 5.69 Å². The molecule has 1 amide bonds. The second kappa shape index (κ2) is 2.54. The Kier molecular flexibility index (Phi) is 1.51. The number of esters is 1. The van der Waals surface area contributed by atoms with Crippen LogP contribution in [0.5, 0.6) is 0 Å². The number of ether oxygens (including phenoxy) is 1. The summed E-state index contributed by atoms with van der Waals surface area (Å²) >= 11 is 0. The van der Waals surface area contributed by atoms with Crippen molar-refractivity contribution in [2.75, 3.05) is 12.4 Å². The fourth-order valence-electron chi connectivity index (χ4n) is 1.09. The lowest BCUT2D eigenvalue weighted by molar-refractivity contribution is -0.116. The highest BCUT2D eigenvalue weighted by atomic mass is 16.5. The van der Waals surface area contributed by atoms with Crippen molar-refractivity contribution < 1.29 is 14.3 Å². The van der Waals surface area contributed by atoms with E-state index in [0.717, 1.165) is 0 Å². The molecule has 0 atom stereocenters. The van der Waals surface area contributed by atoms with Gasteiger partial charge in [0.05, 0.1) is 7.11 Å². The summed E-state index contributed by atoms with van der Waals surface area (Å²) in [7, 11) is 1.24. The SMILES string of the molecule is COC(=O)c1nnn2c1NC(=O)C2. The molecule has 0 bridgehead atoms. The Morgan fingerprint density at radius 2 is 2.46 bits per heavy atom. The number of carbonyl (C=O) groups excluding carboxylic acids is 2. The monoisotopic (exact) mass is 182 g/mol. The van der Waals surface area contributed by atoms with Crippen LogP contribution in [0.2, 0.25) is 0 Å². The highest BCUT2D eigenvalue weighted by Gasteiger charge is 2.27. The molecule has 2 rings (SSSR count). The Morgan fingerprint density at radius 3 is 3.15 bits per heavy atom. The number of methoxy groups -OCH3 is 1. The first-order chi connectivity index (χ1) is 6.22. The molecule has 0 fully saturated rings. The minimum Gasteiger partial charge on any atom is -0.464 e. The Balaban J connectivity index is 2.41. The van der Waals surface area contributed by atoms with Gasteiger partial charge in [-0.1, -0.05) is 5.21 Å². The lowest BCUT2D eigenvalue weighted by Crippen LogP contribution is -2.10. The predicted molar refractivity (Wildman–Crippen MR) is 40.0 cm³/mol. The summed E-state index contributed by atoms with van der Waals surface area (Å²) < 4.78 is 5.76. The zero-order chi connectivity index (χ0) is 9.42. The predicted octanol–water partition coefficient (Wildman–Crippen LogP) is -0.983. The normalized spacial score (nSPS) is 13.8. The van der Waals surface area contributed by atoms with E-state index in [2.05, 4.69) is 20.4 Å². The first kappa shape index (κ1) is 7.71. The van der Waals surface area contributed by atoms with Gasteiger partial charge in [-0.2, -0.15) is 0 Å². The van der Waals surface area contributed by atoms with Gasteiger partial charge >= 0.3 is 5.97 Å². The molecule has 1 aliphatic heterocycles. The summed E-state index contributed by atoms with van der Waals surface area (Å²) in [6.07, 6.45) is 0. The van der Waals surface area contributed by atoms with Crippen molar-refractivity contribution in [3.8, 4) is 0 Å². The molecule has 0 saturated carbocycles. The molecule has 1 aliphatic rings.